The highest BCUT2D eigenvalue weighted by Crippen LogP contribution is 2.22. The van der Waals surface area contributed by atoms with Crippen LogP contribution in [-0.2, 0) is 6.42 Å². The Bertz CT molecular complexity index is 585. The van der Waals surface area contributed by atoms with Crippen molar-refractivity contribution in [3.05, 3.63) is 46.6 Å². The Hall–Kier alpha value is -1.68. The van der Waals surface area contributed by atoms with E-state index >= 15 is 0 Å². The molecule has 1 atom stereocenters. The maximum Gasteiger partial charge on any atom is 0.243 e. The normalized spacial score (nSPS) is 19.2. The van der Waals surface area contributed by atoms with Crippen molar-refractivity contribution in [1.29, 1.82) is 0 Å². The molecule has 4 nitrogen and oxygen atoms in total. The Balaban J connectivity index is 1.71. The molecule has 1 aliphatic heterocycles. The fourth-order valence-corrected chi connectivity index (χ4v) is 2.64. The lowest BCUT2D eigenvalue weighted by Gasteiger charge is -2.19. The predicted molar refractivity (Wildman–Crippen MR) is 77.6 cm³/mol. The van der Waals surface area contributed by atoms with Crippen LogP contribution in [0, 0.1) is 13.8 Å². The van der Waals surface area contributed by atoms with Crippen LogP contribution in [0.1, 0.15) is 53.7 Å². The van der Waals surface area contributed by atoms with Crippen molar-refractivity contribution in [3.63, 3.8) is 0 Å². The Kier molecular flexibility index (Phi) is 3.83. The van der Waals surface area contributed by atoms with Gasteiger partial charge in [0.15, 0.2) is 5.82 Å². The van der Waals surface area contributed by atoms with Gasteiger partial charge in [0.05, 0.1) is 6.04 Å². The van der Waals surface area contributed by atoms with Crippen LogP contribution < -0.4 is 5.32 Å². The molecule has 0 spiro atoms. The van der Waals surface area contributed by atoms with Crippen molar-refractivity contribution in [3.8, 4) is 0 Å². The van der Waals surface area contributed by atoms with Crippen LogP contribution in [0.3, 0.4) is 0 Å². The minimum Gasteiger partial charge on any atom is -0.338 e. The van der Waals surface area contributed by atoms with E-state index in [1.165, 1.54) is 29.5 Å². The third kappa shape index (κ3) is 2.90. The van der Waals surface area contributed by atoms with Gasteiger partial charge in [0.1, 0.15) is 0 Å². The van der Waals surface area contributed by atoms with Gasteiger partial charge in [-0.1, -0.05) is 29.8 Å². The van der Waals surface area contributed by atoms with Gasteiger partial charge in [0.2, 0.25) is 5.89 Å². The summed E-state index contributed by atoms with van der Waals surface area (Å²) in [5.74, 6) is 1.51. The highest BCUT2D eigenvalue weighted by atomic mass is 16.5. The van der Waals surface area contributed by atoms with E-state index in [0.717, 1.165) is 31.1 Å². The van der Waals surface area contributed by atoms with Gasteiger partial charge in [-0.2, -0.15) is 4.98 Å². The maximum atomic E-state index is 5.41. The molecule has 1 saturated heterocycles. The van der Waals surface area contributed by atoms with Crippen LogP contribution >= 0.6 is 0 Å². The van der Waals surface area contributed by atoms with Crippen LogP contribution in [0.25, 0.3) is 0 Å². The van der Waals surface area contributed by atoms with Crippen molar-refractivity contribution in [2.45, 2.75) is 45.6 Å². The Morgan fingerprint density at radius 1 is 1.25 bits per heavy atom. The van der Waals surface area contributed by atoms with Gasteiger partial charge >= 0.3 is 0 Å². The topological polar surface area (TPSA) is 51.0 Å². The van der Waals surface area contributed by atoms with Crippen molar-refractivity contribution in [2.75, 3.05) is 6.54 Å². The molecular formula is C16H21N3O. The highest BCUT2D eigenvalue weighted by molar-refractivity contribution is 5.31. The summed E-state index contributed by atoms with van der Waals surface area (Å²) < 4.78 is 5.41. The average molecular weight is 271 g/mol. The van der Waals surface area contributed by atoms with Crippen molar-refractivity contribution in [2.24, 2.45) is 0 Å². The first-order valence-corrected chi connectivity index (χ1v) is 7.34. The Labute approximate surface area is 119 Å². The summed E-state index contributed by atoms with van der Waals surface area (Å²) in [5.41, 5.74) is 3.85. The van der Waals surface area contributed by atoms with Gasteiger partial charge in [-0.25, -0.2) is 0 Å². The molecular weight excluding hydrogens is 250 g/mol. The molecule has 2 aromatic rings. The Morgan fingerprint density at radius 2 is 2.15 bits per heavy atom. The summed E-state index contributed by atoms with van der Waals surface area (Å²) in [6.07, 6.45) is 4.29. The van der Waals surface area contributed by atoms with E-state index in [0.29, 0.717) is 0 Å². The summed E-state index contributed by atoms with van der Waals surface area (Å²) in [7, 11) is 0. The maximum absolute atomic E-state index is 5.41. The second-order valence-electron chi connectivity index (χ2n) is 5.65. The zero-order valence-corrected chi connectivity index (χ0v) is 12.1. The molecule has 1 aromatic heterocycles. The fourth-order valence-electron chi connectivity index (χ4n) is 2.64. The number of nitrogens with one attached hydrogen (secondary N) is 1. The number of aromatic nitrogens is 2. The lowest BCUT2D eigenvalue weighted by atomic mass is 10.0. The largest absolute Gasteiger partial charge is 0.338 e. The molecule has 0 aliphatic carbocycles. The van der Waals surface area contributed by atoms with Crippen LogP contribution in [0.5, 0.6) is 0 Å². The molecule has 0 unspecified atom stereocenters. The smallest absolute Gasteiger partial charge is 0.243 e. The van der Waals surface area contributed by atoms with E-state index in [1.54, 1.807) is 0 Å². The highest BCUT2D eigenvalue weighted by Gasteiger charge is 2.20. The second kappa shape index (κ2) is 5.75. The fraction of sp³-hybridized carbons (Fsp3) is 0.500. The molecule has 106 valence electrons. The van der Waals surface area contributed by atoms with E-state index in [4.69, 9.17) is 4.52 Å². The lowest BCUT2D eigenvalue weighted by molar-refractivity contribution is 0.296. The standard InChI is InChI=1S/C16H21N3O/c1-11-6-7-13(9-12(11)2)10-15-18-16(20-19-15)14-5-3-4-8-17-14/h6-7,9,14,17H,3-5,8,10H2,1-2H3/t14-/m0/s1. The number of hydrogen-bond acceptors (Lipinski definition) is 4. The van der Waals surface area contributed by atoms with Gasteiger partial charge in [0, 0.05) is 6.42 Å². The zero-order valence-electron chi connectivity index (χ0n) is 12.1. The third-order valence-corrected chi connectivity index (χ3v) is 4.03. The third-order valence-electron chi connectivity index (χ3n) is 4.03. The number of nitrogens with zero attached hydrogens (tertiary/aromatic N) is 2. The summed E-state index contributed by atoms with van der Waals surface area (Å²) in [6.45, 7) is 5.30. The van der Waals surface area contributed by atoms with Crippen LogP contribution in [0.15, 0.2) is 22.7 Å². The summed E-state index contributed by atoms with van der Waals surface area (Å²) in [5, 5.41) is 7.55. The average Bonchev–Trinajstić information content (AvgIpc) is 2.92. The first kappa shape index (κ1) is 13.3. The molecule has 0 bridgehead atoms. The molecule has 20 heavy (non-hydrogen) atoms. The Morgan fingerprint density at radius 3 is 2.90 bits per heavy atom. The van der Waals surface area contributed by atoms with Gasteiger partial charge in [-0.15, -0.1) is 0 Å². The molecule has 4 heteroatoms. The minimum atomic E-state index is 0.241. The summed E-state index contributed by atoms with van der Waals surface area (Å²) >= 11 is 0. The molecule has 0 amide bonds. The van der Waals surface area contributed by atoms with Crippen molar-refractivity contribution < 1.29 is 4.52 Å². The molecule has 0 radical (unpaired) electrons. The van der Waals surface area contributed by atoms with E-state index < -0.39 is 0 Å². The molecule has 1 fully saturated rings. The summed E-state index contributed by atoms with van der Waals surface area (Å²) in [6, 6.07) is 6.72. The van der Waals surface area contributed by atoms with E-state index in [2.05, 4.69) is 47.5 Å². The van der Waals surface area contributed by atoms with Gasteiger partial charge in [0.25, 0.3) is 0 Å². The number of hydrogen-bond donors (Lipinski definition) is 1. The van der Waals surface area contributed by atoms with Gasteiger partial charge in [-0.05, 0) is 49.9 Å². The molecule has 1 aromatic carbocycles. The predicted octanol–water partition coefficient (Wildman–Crippen LogP) is 3.09. The SMILES string of the molecule is Cc1ccc(Cc2noc([C@@H]3CCCCN3)n2)cc1C. The monoisotopic (exact) mass is 271 g/mol. The van der Waals surface area contributed by atoms with Crippen molar-refractivity contribution >= 4 is 0 Å². The quantitative estimate of drug-likeness (QED) is 0.932. The zero-order chi connectivity index (χ0) is 13.9. The number of piperidine rings is 1. The van der Waals surface area contributed by atoms with E-state index in [1.807, 2.05) is 0 Å². The summed E-state index contributed by atoms with van der Waals surface area (Å²) in [4.78, 5) is 4.54. The van der Waals surface area contributed by atoms with Gasteiger partial charge < -0.3 is 9.84 Å². The molecule has 0 saturated carbocycles. The number of benzene rings is 1. The first-order chi connectivity index (χ1) is 9.72. The van der Waals surface area contributed by atoms with Gasteiger partial charge in [-0.3, -0.25) is 0 Å². The van der Waals surface area contributed by atoms with Crippen LogP contribution in [0.2, 0.25) is 0 Å². The number of rotatable bonds is 3. The first-order valence-electron chi connectivity index (χ1n) is 7.34. The van der Waals surface area contributed by atoms with Crippen LogP contribution in [-0.4, -0.2) is 16.7 Å². The van der Waals surface area contributed by atoms with Crippen LogP contribution in [0.4, 0.5) is 0 Å². The lowest BCUT2D eigenvalue weighted by Crippen LogP contribution is -2.27. The van der Waals surface area contributed by atoms with E-state index in [-0.39, 0.29) is 6.04 Å². The molecule has 1 aliphatic rings. The molecule has 3 rings (SSSR count). The molecule has 2 heterocycles. The number of aryl methyl sites for hydroxylation is 2. The van der Waals surface area contributed by atoms with Crippen molar-refractivity contribution in [1.82, 2.24) is 15.5 Å². The minimum absolute atomic E-state index is 0.241. The second-order valence-corrected chi connectivity index (χ2v) is 5.65. The van der Waals surface area contributed by atoms with E-state index in [9.17, 15) is 0 Å². The molecule has 1 N–H and O–H groups in total.